The van der Waals surface area contributed by atoms with Gasteiger partial charge in [0.2, 0.25) is 10.0 Å². The van der Waals surface area contributed by atoms with E-state index in [0.29, 0.717) is 6.54 Å². The van der Waals surface area contributed by atoms with Crippen molar-refractivity contribution < 1.29 is 8.42 Å². The number of hydrogen-bond donors (Lipinski definition) is 1. The van der Waals surface area contributed by atoms with E-state index in [9.17, 15) is 8.42 Å². The second-order valence-electron chi connectivity index (χ2n) is 2.87. The molecule has 0 aromatic rings. The smallest absolute Gasteiger partial charge is 0.211 e. The second kappa shape index (κ2) is 3.08. The van der Waals surface area contributed by atoms with Gasteiger partial charge < -0.3 is 5.32 Å². The third-order valence-corrected chi connectivity index (χ3v) is 3.29. The Morgan fingerprint density at radius 3 is 2.55 bits per heavy atom. The van der Waals surface area contributed by atoms with Gasteiger partial charge in [0.15, 0.2) is 0 Å². The first-order chi connectivity index (χ1) is 5.05. The molecule has 1 fully saturated rings. The molecule has 1 rings (SSSR count). The molecular weight excluding hydrogens is 164 g/mol. The standard InChI is InChI=1S/C6H14N2O2S/c1-7-5-6-3-4-8(6)11(2,9)10/h6-7H,3-5H2,1-2H3. The molecule has 1 aliphatic heterocycles. The van der Waals surface area contributed by atoms with E-state index in [0.717, 1.165) is 13.0 Å². The number of sulfonamides is 1. The molecule has 0 saturated carbocycles. The van der Waals surface area contributed by atoms with Crippen molar-refractivity contribution in [2.75, 3.05) is 26.4 Å². The SMILES string of the molecule is CNCC1CCN1S(C)(=O)=O. The monoisotopic (exact) mass is 178 g/mol. The molecular formula is C6H14N2O2S. The fourth-order valence-corrected chi connectivity index (χ4v) is 2.45. The van der Waals surface area contributed by atoms with Crippen LogP contribution in [0.4, 0.5) is 0 Å². The van der Waals surface area contributed by atoms with Crippen LogP contribution in [0.5, 0.6) is 0 Å². The molecule has 0 radical (unpaired) electrons. The van der Waals surface area contributed by atoms with Crippen LogP contribution >= 0.6 is 0 Å². The molecule has 1 N–H and O–H groups in total. The molecule has 1 saturated heterocycles. The molecule has 1 heterocycles. The van der Waals surface area contributed by atoms with Gasteiger partial charge in [0.25, 0.3) is 0 Å². The van der Waals surface area contributed by atoms with Gasteiger partial charge in [-0.1, -0.05) is 0 Å². The van der Waals surface area contributed by atoms with E-state index in [4.69, 9.17) is 0 Å². The van der Waals surface area contributed by atoms with E-state index in [2.05, 4.69) is 5.32 Å². The maximum atomic E-state index is 11.0. The third kappa shape index (κ3) is 1.91. The summed E-state index contributed by atoms with van der Waals surface area (Å²) in [6.07, 6.45) is 2.24. The van der Waals surface area contributed by atoms with Crippen LogP contribution in [-0.2, 0) is 10.0 Å². The van der Waals surface area contributed by atoms with E-state index >= 15 is 0 Å². The first-order valence-electron chi connectivity index (χ1n) is 3.67. The van der Waals surface area contributed by atoms with Crippen molar-refractivity contribution in [3.8, 4) is 0 Å². The molecule has 0 aromatic carbocycles. The summed E-state index contributed by atoms with van der Waals surface area (Å²) in [6, 6.07) is 0.190. The molecule has 0 aromatic heterocycles. The van der Waals surface area contributed by atoms with Crippen molar-refractivity contribution in [1.82, 2.24) is 9.62 Å². The van der Waals surface area contributed by atoms with Crippen LogP contribution in [0.25, 0.3) is 0 Å². The zero-order chi connectivity index (χ0) is 8.48. The fraction of sp³-hybridized carbons (Fsp3) is 1.00. The lowest BCUT2D eigenvalue weighted by atomic mass is 10.1. The fourth-order valence-electron chi connectivity index (χ4n) is 1.29. The van der Waals surface area contributed by atoms with Gasteiger partial charge in [0.05, 0.1) is 6.26 Å². The number of likely N-dealkylation sites (N-methyl/N-ethyl adjacent to an activating group) is 1. The van der Waals surface area contributed by atoms with Crippen LogP contribution in [-0.4, -0.2) is 45.2 Å². The normalized spacial score (nSPS) is 26.5. The van der Waals surface area contributed by atoms with Crippen molar-refractivity contribution in [2.45, 2.75) is 12.5 Å². The molecule has 0 aliphatic carbocycles. The summed E-state index contributed by atoms with van der Waals surface area (Å²) in [5.74, 6) is 0. The minimum atomic E-state index is -2.94. The third-order valence-electron chi connectivity index (χ3n) is 1.96. The van der Waals surface area contributed by atoms with E-state index in [1.165, 1.54) is 10.6 Å². The Hall–Kier alpha value is -0.130. The zero-order valence-corrected chi connectivity index (χ0v) is 7.69. The van der Waals surface area contributed by atoms with Crippen LogP contribution in [0, 0.1) is 0 Å². The maximum absolute atomic E-state index is 11.0. The predicted octanol–water partition coefficient (Wildman–Crippen LogP) is -0.760. The summed E-state index contributed by atoms with van der Waals surface area (Å²) in [6.45, 7) is 1.44. The molecule has 4 nitrogen and oxygen atoms in total. The Labute approximate surface area is 67.6 Å². The maximum Gasteiger partial charge on any atom is 0.211 e. The highest BCUT2D eigenvalue weighted by Gasteiger charge is 2.33. The highest BCUT2D eigenvalue weighted by molar-refractivity contribution is 7.88. The van der Waals surface area contributed by atoms with Gasteiger partial charge in [-0.25, -0.2) is 8.42 Å². The van der Waals surface area contributed by atoms with E-state index in [1.807, 2.05) is 7.05 Å². The van der Waals surface area contributed by atoms with Gasteiger partial charge in [0, 0.05) is 19.1 Å². The van der Waals surface area contributed by atoms with Crippen LogP contribution in [0.3, 0.4) is 0 Å². The number of rotatable bonds is 3. The molecule has 66 valence electrons. The molecule has 1 atom stereocenters. The molecule has 0 spiro atoms. The molecule has 5 heteroatoms. The lowest BCUT2D eigenvalue weighted by Gasteiger charge is -2.38. The highest BCUT2D eigenvalue weighted by atomic mass is 32.2. The van der Waals surface area contributed by atoms with Gasteiger partial charge in [-0.15, -0.1) is 0 Å². The molecule has 1 aliphatic rings. The number of nitrogens with one attached hydrogen (secondary N) is 1. The van der Waals surface area contributed by atoms with Crippen molar-refractivity contribution in [2.24, 2.45) is 0 Å². The molecule has 0 amide bonds. The van der Waals surface area contributed by atoms with E-state index in [-0.39, 0.29) is 6.04 Å². The van der Waals surface area contributed by atoms with Gasteiger partial charge in [-0.3, -0.25) is 0 Å². The number of hydrogen-bond acceptors (Lipinski definition) is 3. The topological polar surface area (TPSA) is 49.4 Å². The van der Waals surface area contributed by atoms with Gasteiger partial charge >= 0.3 is 0 Å². The van der Waals surface area contributed by atoms with Crippen molar-refractivity contribution in [1.29, 1.82) is 0 Å². The average Bonchev–Trinajstić information content (AvgIpc) is 1.75. The number of nitrogens with zero attached hydrogens (tertiary/aromatic N) is 1. The van der Waals surface area contributed by atoms with Gasteiger partial charge in [0.1, 0.15) is 0 Å². The Bertz CT molecular complexity index is 225. The second-order valence-corrected chi connectivity index (χ2v) is 4.81. The van der Waals surface area contributed by atoms with Crippen LogP contribution in [0.2, 0.25) is 0 Å². The summed E-state index contributed by atoms with van der Waals surface area (Å²) < 4.78 is 23.5. The van der Waals surface area contributed by atoms with Gasteiger partial charge in [-0.05, 0) is 13.5 Å². The summed E-state index contributed by atoms with van der Waals surface area (Å²) in [7, 11) is -1.11. The molecule has 11 heavy (non-hydrogen) atoms. The van der Waals surface area contributed by atoms with Crippen molar-refractivity contribution in [3.63, 3.8) is 0 Å². The predicted molar refractivity (Wildman–Crippen MR) is 43.9 cm³/mol. The molecule has 1 unspecified atom stereocenters. The summed E-state index contributed by atoms with van der Waals surface area (Å²) in [5, 5.41) is 2.97. The minimum Gasteiger partial charge on any atom is -0.318 e. The Morgan fingerprint density at radius 1 is 1.64 bits per heavy atom. The van der Waals surface area contributed by atoms with Crippen molar-refractivity contribution in [3.05, 3.63) is 0 Å². The first-order valence-corrected chi connectivity index (χ1v) is 5.52. The zero-order valence-electron chi connectivity index (χ0n) is 6.87. The Balaban J connectivity index is 2.50. The van der Waals surface area contributed by atoms with Gasteiger partial charge in [-0.2, -0.15) is 4.31 Å². The van der Waals surface area contributed by atoms with E-state index < -0.39 is 10.0 Å². The van der Waals surface area contributed by atoms with Crippen LogP contribution in [0.1, 0.15) is 6.42 Å². The quantitative estimate of drug-likeness (QED) is 0.618. The lowest BCUT2D eigenvalue weighted by molar-refractivity contribution is 0.199. The first kappa shape index (κ1) is 8.96. The van der Waals surface area contributed by atoms with Crippen molar-refractivity contribution >= 4 is 10.0 Å². The Morgan fingerprint density at radius 2 is 2.27 bits per heavy atom. The minimum absolute atomic E-state index is 0.190. The summed E-state index contributed by atoms with van der Waals surface area (Å²) in [5.41, 5.74) is 0. The highest BCUT2D eigenvalue weighted by Crippen LogP contribution is 2.19. The summed E-state index contributed by atoms with van der Waals surface area (Å²) in [4.78, 5) is 0. The largest absolute Gasteiger partial charge is 0.318 e. The average molecular weight is 178 g/mol. The summed E-state index contributed by atoms with van der Waals surface area (Å²) >= 11 is 0. The van der Waals surface area contributed by atoms with E-state index in [1.54, 1.807) is 0 Å². The van der Waals surface area contributed by atoms with Crippen LogP contribution < -0.4 is 5.32 Å². The van der Waals surface area contributed by atoms with Crippen LogP contribution in [0.15, 0.2) is 0 Å². The lowest BCUT2D eigenvalue weighted by Crippen LogP contribution is -2.54. The Kier molecular flexibility index (Phi) is 2.51. The molecule has 0 bridgehead atoms.